The topological polar surface area (TPSA) is 88.4 Å². The third-order valence-electron chi connectivity index (χ3n) is 3.90. The number of carbonyl (C=O) groups is 1. The highest BCUT2D eigenvalue weighted by Crippen LogP contribution is 2.42. The number of carbonyl (C=O) groups excluding carboxylic acids is 1. The van der Waals surface area contributed by atoms with Gasteiger partial charge in [-0.05, 0) is 32.4 Å². The molecule has 2 amide bonds. The average molecular weight is 397 g/mol. The fraction of sp³-hybridized carbons (Fsp3) is 0.471. The Labute approximate surface area is 163 Å². The lowest BCUT2D eigenvalue weighted by atomic mass is 10.1. The SMILES string of the molecule is CCCCNC(=O)N(O)[C@H]1N(/N=C/c2ccccc2O)C(=S)SC1(C)C. The molecule has 7 nitrogen and oxygen atoms in total. The second kappa shape index (κ2) is 8.70. The summed E-state index contributed by atoms with van der Waals surface area (Å²) in [5, 5.41) is 29.4. The standard InChI is InChI=1S/C17H24N4O3S2/c1-4-5-10-18-15(23)21(24)14-17(2,3)26-16(25)20(14)19-11-12-8-6-7-9-13(12)22/h6-9,11,14,22,24H,4-5,10H2,1-3H3,(H,18,23)/b19-11+/t14-/m1/s1. The third-order valence-corrected chi connectivity index (χ3v) is 5.43. The van der Waals surface area contributed by atoms with Crippen LogP contribution in [0, 0.1) is 0 Å². The Kier molecular flexibility index (Phi) is 6.85. The van der Waals surface area contributed by atoms with Crippen LogP contribution >= 0.6 is 24.0 Å². The minimum absolute atomic E-state index is 0.0861. The lowest BCUT2D eigenvalue weighted by Gasteiger charge is -2.34. The Bertz CT molecular complexity index is 696. The molecule has 0 aliphatic carbocycles. The lowest BCUT2D eigenvalue weighted by Crippen LogP contribution is -2.55. The number of aromatic hydroxyl groups is 1. The van der Waals surface area contributed by atoms with Crippen LogP contribution in [-0.4, -0.2) is 54.4 Å². The minimum atomic E-state index is -0.774. The van der Waals surface area contributed by atoms with E-state index in [0.29, 0.717) is 21.5 Å². The molecule has 0 unspecified atom stereocenters. The molecule has 0 radical (unpaired) electrons. The third kappa shape index (κ3) is 4.66. The summed E-state index contributed by atoms with van der Waals surface area (Å²) in [5.74, 6) is 0.0861. The molecule has 0 bridgehead atoms. The van der Waals surface area contributed by atoms with Gasteiger partial charge in [-0.1, -0.05) is 49.5 Å². The monoisotopic (exact) mass is 396 g/mol. The van der Waals surface area contributed by atoms with Gasteiger partial charge in [0.2, 0.25) is 0 Å². The number of unbranched alkanes of at least 4 members (excludes halogenated alkanes) is 1. The van der Waals surface area contributed by atoms with E-state index in [2.05, 4.69) is 10.4 Å². The van der Waals surface area contributed by atoms with Crippen LogP contribution in [0.25, 0.3) is 0 Å². The van der Waals surface area contributed by atoms with Crippen LogP contribution in [0.2, 0.25) is 0 Å². The van der Waals surface area contributed by atoms with Crippen LogP contribution in [-0.2, 0) is 0 Å². The van der Waals surface area contributed by atoms with Crippen LogP contribution in [0.5, 0.6) is 5.75 Å². The Hall–Kier alpha value is -1.84. The summed E-state index contributed by atoms with van der Waals surface area (Å²) in [6.07, 6.45) is 2.45. The molecule has 1 aliphatic heterocycles. The van der Waals surface area contributed by atoms with Crippen LogP contribution in [0.3, 0.4) is 0 Å². The predicted molar refractivity (Wildman–Crippen MR) is 108 cm³/mol. The first-order valence-electron chi connectivity index (χ1n) is 8.38. The number of thiocarbonyl (C=S) groups is 1. The quantitative estimate of drug-likeness (QED) is 0.225. The van der Waals surface area contributed by atoms with Gasteiger partial charge in [0, 0.05) is 12.1 Å². The molecule has 1 aliphatic rings. The number of thioether (sulfide) groups is 1. The van der Waals surface area contributed by atoms with Crippen molar-refractivity contribution < 1.29 is 15.1 Å². The molecule has 0 saturated carbocycles. The number of amides is 2. The van der Waals surface area contributed by atoms with E-state index >= 15 is 0 Å². The molecule has 1 atom stereocenters. The van der Waals surface area contributed by atoms with Crippen LogP contribution in [0.4, 0.5) is 4.79 Å². The highest BCUT2D eigenvalue weighted by atomic mass is 32.2. The van der Waals surface area contributed by atoms with Crippen LogP contribution in [0.1, 0.15) is 39.2 Å². The van der Waals surface area contributed by atoms with E-state index in [4.69, 9.17) is 12.2 Å². The number of phenols is 1. The van der Waals surface area contributed by atoms with Gasteiger partial charge < -0.3 is 10.4 Å². The predicted octanol–water partition coefficient (Wildman–Crippen LogP) is 3.37. The van der Waals surface area contributed by atoms with E-state index in [1.807, 2.05) is 20.8 Å². The smallest absolute Gasteiger partial charge is 0.343 e. The van der Waals surface area contributed by atoms with Crippen molar-refractivity contribution in [1.82, 2.24) is 15.4 Å². The molecule has 9 heteroatoms. The fourth-order valence-electron chi connectivity index (χ4n) is 2.51. The molecular weight excluding hydrogens is 372 g/mol. The van der Waals surface area contributed by atoms with Crippen molar-refractivity contribution in [2.75, 3.05) is 6.54 Å². The van der Waals surface area contributed by atoms with Gasteiger partial charge in [0.05, 0.1) is 11.0 Å². The maximum atomic E-state index is 12.3. The number of para-hydroxylation sites is 1. The molecule has 0 spiro atoms. The largest absolute Gasteiger partial charge is 0.507 e. The number of benzene rings is 1. The molecule has 1 heterocycles. The minimum Gasteiger partial charge on any atom is -0.507 e. The van der Waals surface area contributed by atoms with Gasteiger partial charge in [-0.25, -0.2) is 9.80 Å². The van der Waals surface area contributed by atoms with Crippen molar-refractivity contribution in [2.24, 2.45) is 5.10 Å². The summed E-state index contributed by atoms with van der Waals surface area (Å²) < 4.78 is -0.128. The number of nitrogens with zero attached hydrogens (tertiary/aromatic N) is 3. The highest BCUT2D eigenvalue weighted by Gasteiger charge is 2.49. The summed E-state index contributed by atoms with van der Waals surface area (Å²) in [7, 11) is 0. The molecule has 26 heavy (non-hydrogen) atoms. The number of hydrazone groups is 1. The van der Waals surface area contributed by atoms with Crippen molar-refractivity contribution in [3.8, 4) is 5.75 Å². The molecule has 2 rings (SSSR count). The van der Waals surface area contributed by atoms with Crippen molar-refractivity contribution in [3.63, 3.8) is 0 Å². The van der Waals surface area contributed by atoms with E-state index in [0.717, 1.165) is 12.8 Å². The summed E-state index contributed by atoms with van der Waals surface area (Å²) >= 11 is 6.72. The Morgan fingerprint density at radius 2 is 2.19 bits per heavy atom. The maximum Gasteiger partial charge on any atom is 0.343 e. The number of urea groups is 1. The van der Waals surface area contributed by atoms with Gasteiger partial charge in [-0.3, -0.25) is 5.21 Å². The molecular formula is C17H24N4O3S2. The molecule has 1 aromatic carbocycles. The summed E-state index contributed by atoms with van der Waals surface area (Å²) in [6, 6.07) is 6.16. The first kappa shape index (κ1) is 20.5. The normalized spacial score (nSPS) is 19.2. The van der Waals surface area contributed by atoms with Gasteiger partial charge in [0.1, 0.15) is 5.75 Å². The number of hydrogen-bond donors (Lipinski definition) is 3. The average Bonchev–Trinajstić information content (AvgIpc) is 2.81. The highest BCUT2D eigenvalue weighted by molar-refractivity contribution is 8.24. The Morgan fingerprint density at radius 1 is 1.50 bits per heavy atom. The van der Waals surface area contributed by atoms with Crippen molar-refractivity contribution in [3.05, 3.63) is 29.8 Å². The van der Waals surface area contributed by atoms with Crippen molar-refractivity contribution in [1.29, 1.82) is 0 Å². The zero-order valence-electron chi connectivity index (χ0n) is 15.0. The first-order valence-corrected chi connectivity index (χ1v) is 9.60. The maximum absolute atomic E-state index is 12.3. The second-order valence-electron chi connectivity index (χ2n) is 6.42. The Morgan fingerprint density at radius 3 is 2.85 bits per heavy atom. The van der Waals surface area contributed by atoms with Gasteiger partial charge in [-0.15, -0.1) is 0 Å². The molecule has 142 valence electrons. The van der Waals surface area contributed by atoms with E-state index in [9.17, 15) is 15.1 Å². The number of hydrogen-bond acceptors (Lipinski definition) is 6. The molecule has 1 fully saturated rings. The van der Waals surface area contributed by atoms with Crippen LogP contribution < -0.4 is 5.32 Å². The second-order valence-corrected chi connectivity index (χ2v) is 8.71. The van der Waals surface area contributed by atoms with Gasteiger partial charge in [0.25, 0.3) is 0 Å². The van der Waals surface area contributed by atoms with E-state index < -0.39 is 16.9 Å². The van der Waals surface area contributed by atoms with Gasteiger partial charge in [0.15, 0.2) is 10.5 Å². The van der Waals surface area contributed by atoms with Gasteiger partial charge >= 0.3 is 6.03 Å². The first-order chi connectivity index (χ1) is 12.3. The van der Waals surface area contributed by atoms with Crippen LogP contribution in [0.15, 0.2) is 29.4 Å². The number of rotatable bonds is 6. The summed E-state index contributed by atoms with van der Waals surface area (Å²) in [4.78, 5) is 12.3. The van der Waals surface area contributed by atoms with Gasteiger partial charge in [-0.2, -0.15) is 10.2 Å². The lowest BCUT2D eigenvalue weighted by molar-refractivity contribution is -0.118. The number of nitrogens with one attached hydrogen (secondary N) is 1. The molecule has 0 aromatic heterocycles. The van der Waals surface area contributed by atoms with E-state index in [-0.39, 0.29) is 5.75 Å². The molecule has 3 N–H and O–H groups in total. The zero-order valence-corrected chi connectivity index (χ0v) is 16.7. The summed E-state index contributed by atoms with van der Waals surface area (Å²) in [6.45, 7) is 6.27. The number of hydroxylamine groups is 2. The Balaban J connectivity index is 2.21. The van der Waals surface area contributed by atoms with E-state index in [1.165, 1.54) is 23.0 Å². The van der Waals surface area contributed by atoms with Crippen molar-refractivity contribution in [2.45, 2.75) is 44.5 Å². The van der Waals surface area contributed by atoms with Crippen molar-refractivity contribution >= 4 is 40.5 Å². The molecule has 1 aromatic rings. The number of phenolic OH excluding ortho intramolecular Hbond substituents is 1. The fourth-order valence-corrected chi connectivity index (χ4v) is 4.30. The summed E-state index contributed by atoms with van der Waals surface area (Å²) in [5.41, 5.74) is 0.514. The molecule has 1 saturated heterocycles. The van der Waals surface area contributed by atoms with E-state index in [1.54, 1.807) is 24.3 Å². The zero-order chi connectivity index (χ0) is 19.3.